The van der Waals surface area contributed by atoms with E-state index in [1.807, 2.05) is 24.0 Å². The fourth-order valence-electron chi connectivity index (χ4n) is 3.87. The molecular formula is C19H28N2O3S. The van der Waals surface area contributed by atoms with Gasteiger partial charge in [-0.25, -0.2) is 8.42 Å². The Morgan fingerprint density at radius 2 is 1.72 bits per heavy atom. The summed E-state index contributed by atoms with van der Waals surface area (Å²) in [7, 11) is -3.52. The van der Waals surface area contributed by atoms with E-state index in [-0.39, 0.29) is 11.8 Å². The number of carbonyl (C=O) groups excluding carboxylic acids is 1. The second-order valence-corrected chi connectivity index (χ2v) is 9.48. The fraction of sp³-hybridized carbons (Fsp3) is 0.632. The van der Waals surface area contributed by atoms with Gasteiger partial charge in [-0.05, 0) is 50.7 Å². The first kappa shape index (κ1) is 18.4. The maximum Gasteiger partial charge on any atom is 0.243 e. The molecule has 1 aromatic rings. The van der Waals surface area contributed by atoms with Crippen molar-refractivity contribution < 1.29 is 13.2 Å². The largest absolute Gasteiger partial charge is 0.342 e. The molecule has 2 aliphatic rings. The van der Waals surface area contributed by atoms with Crippen LogP contribution < -0.4 is 0 Å². The second kappa shape index (κ2) is 7.46. The lowest BCUT2D eigenvalue weighted by molar-refractivity contribution is -0.138. The van der Waals surface area contributed by atoms with Crippen LogP contribution >= 0.6 is 0 Å². The molecule has 0 bridgehead atoms. The third-order valence-electron chi connectivity index (χ3n) is 5.36. The molecule has 138 valence electrons. The minimum absolute atomic E-state index is 0.135. The number of benzene rings is 1. The van der Waals surface area contributed by atoms with Crippen LogP contribution in [0.5, 0.6) is 0 Å². The molecule has 1 amide bonds. The third kappa shape index (κ3) is 4.06. The van der Waals surface area contributed by atoms with Crippen molar-refractivity contribution in [3.05, 3.63) is 29.8 Å². The molecule has 1 aromatic carbocycles. The van der Waals surface area contributed by atoms with Gasteiger partial charge in [0.1, 0.15) is 0 Å². The minimum Gasteiger partial charge on any atom is -0.342 e. The predicted octanol–water partition coefficient (Wildman–Crippen LogP) is 2.65. The number of rotatable bonds is 3. The van der Waals surface area contributed by atoms with Crippen molar-refractivity contribution in [2.45, 2.75) is 44.4 Å². The first-order chi connectivity index (χ1) is 11.9. The molecule has 0 spiro atoms. The first-order valence-corrected chi connectivity index (χ1v) is 10.7. The standard InChI is InChI=1S/C19H28N2O3S/c1-15-7-9-18(10-8-15)25(23,24)21-12-4-6-17(14-21)19(22)20-11-3-5-16(2)13-20/h7-10,16-17H,3-6,11-14H2,1-2H3/t16-,17-/m0/s1. The van der Waals surface area contributed by atoms with Crippen LogP contribution in [0.2, 0.25) is 0 Å². The zero-order chi connectivity index (χ0) is 18.0. The summed E-state index contributed by atoms with van der Waals surface area (Å²) in [5.41, 5.74) is 1.03. The van der Waals surface area contributed by atoms with E-state index in [1.165, 1.54) is 10.7 Å². The van der Waals surface area contributed by atoms with Gasteiger partial charge in [-0.15, -0.1) is 0 Å². The number of carbonyl (C=O) groups is 1. The van der Waals surface area contributed by atoms with Crippen molar-refractivity contribution in [3.63, 3.8) is 0 Å². The predicted molar refractivity (Wildman–Crippen MR) is 97.6 cm³/mol. The van der Waals surface area contributed by atoms with Gasteiger partial charge in [-0.2, -0.15) is 4.31 Å². The Balaban J connectivity index is 1.72. The lowest BCUT2D eigenvalue weighted by Crippen LogP contribution is -2.48. The highest BCUT2D eigenvalue weighted by Crippen LogP contribution is 2.26. The van der Waals surface area contributed by atoms with E-state index in [2.05, 4.69) is 6.92 Å². The number of aryl methyl sites for hydroxylation is 1. The molecule has 3 rings (SSSR count). The number of nitrogens with zero attached hydrogens (tertiary/aromatic N) is 2. The van der Waals surface area contributed by atoms with Crippen molar-refractivity contribution in [2.75, 3.05) is 26.2 Å². The molecular weight excluding hydrogens is 336 g/mol. The van der Waals surface area contributed by atoms with Gasteiger partial charge in [-0.3, -0.25) is 4.79 Å². The molecule has 25 heavy (non-hydrogen) atoms. The van der Waals surface area contributed by atoms with Crippen LogP contribution in [0.3, 0.4) is 0 Å². The number of piperidine rings is 2. The van der Waals surface area contributed by atoms with Crippen LogP contribution in [0.15, 0.2) is 29.2 Å². The van der Waals surface area contributed by atoms with Gasteiger partial charge in [0.2, 0.25) is 15.9 Å². The summed E-state index contributed by atoms with van der Waals surface area (Å²) >= 11 is 0. The number of likely N-dealkylation sites (tertiary alicyclic amines) is 1. The average molecular weight is 365 g/mol. The van der Waals surface area contributed by atoms with Gasteiger partial charge in [0.05, 0.1) is 10.8 Å². The maximum atomic E-state index is 12.9. The van der Waals surface area contributed by atoms with E-state index < -0.39 is 10.0 Å². The number of hydrogen-bond acceptors (Lipinski definition) is 3. The Kier molecular flexibility index (Phi) is 5.49. The highest BCUT2D eigenvalue weighted by Gasteiger charge is 2.35. The van der Waals surface area contributed by atoms with Gasteiger partial charge in [0.25, 0.3) is 0 Å². The summed E-state index contributed by atoms with van der Waals surface area (Å²) in [6.07, 6.45) is 3.74. The Morgan fingerprint density at radius 1 is 1.04 bits per heavy atom. The number of amides is 1. The molecule has 2 saturated heterocycles. The summed E-state index contributed by atoms with van der Waals surface area (Å²) in [6, 6.07) is 6.94. The molecule has 6 heteroatoms. The number of sulfonamides is 1. The van der Waals surface area contributed by atoms with E-state index >= 15 is 0 Å². The van der Waals surface area contributed by atoms with Crippen LogP contribution in [0.25, 0.3) is 0 Å². The first-order valence-electron chi connectivity index (χ1n) is 9.23. The maximum absolute atomic E-state index is 12.9. The van der Waals surface area contributed by atoms with E-state index in [4.69, 9.17) is 0 Å². The van der Waals surface area contributed by atoms with Crippen molar-refractivity contribution in [1.29, 1.82) is 0 Å². The third-order valence-corrected chi connectivity index (χ3v) is 7.24. The van der Waals surface area contributed by atoms with Gasteiger partial charge < -0.3 is 4.90 Å². The summed E-state index contributed by atoms with van der Waals surface area (Å²) in [4.78, 5) is 15.1. The van der Waals surface area contributed by atoms with Gasteiger partial charge in [-0.1, -0.05) is 24.6 Å². The molecule has 2 heterocycles. The van der Waals surface area contributed by atoms with Gasteiger partial charge in [0, 0.05) is 26.2 Å². The quantitative estimate of drug-likeness (QED) is 0.828. The summed E-state index contributed by atoms with van der Waals surface area (Å²) in [6.45, 7) is 6.53. The highest BCUT2D eigenvalue weighted by molar-refractivity contribution is 7.89. The molecule has 0 aliphatic carbocycles. The molecule has 0 unspecified atom stereocenters. The second-order valence-electron chi connectivity index (χ2n) is 7.55. The van der Waals surface area contributed by atoms with Crippen molar-refractivity contribution in [2.24, 2.45) is 11.8 Å². The molecule has 0 radical (unpaired) electrons. The van der Waals surface area contributed by atoms with Crippen LogP contribution in [-0.4, -0.2) is 49.7 Å². The normalized spacial score (nSPS) is 25.8. The summed E-state index contributed by atoms with van der Waals surface area (Å²) in [5.74, 6) is 0.461. The average Bonchev–Trinajstić information content (AvgIpc) is 2.61. The van der Waals surface area contributed by atoms with E-state index in [0.29, 0.717) is 23.9 Å². The van der Waals surface area contributed by atoms with Crippen LogP contribution in [-0.2, 0) is 14.8 Å². The Bertz CT molecular complexity index is 715. The zero-order valence-electron chi connectivity index (χ0n) is 15.1. The lowest BCUT2D eigenvalue weighted by atomic mass is 9.94. The molecule has 2 fully saturated rings. The Morgan fingerprint density at radius 3 is 2.40 bits per heavy atom. The molecule has 2 atom stereocenters. The molecule has 5 nitrogen and oxygen atoms in total. The van der Waals surface area contributed by atoms with Gasteiger partial charge >= 0.3 is 0 Å². The SMILES string of the molecule is Cc1ccc(S(=O)(=O)N2CCC[C@H](C(=O)N3CCC[C@H](C)C3)C2)cc1. The molecule has 0 N–H and O–H groups in total. The minimum atomic E-state index is -3.52. The fourth-order valence-corrected chi connectivity index (χ4v) is 5.39. The zero-order valence-corrected chi connectivity index (χ0v) is 16.0. The van der Waals surface area contributed by atoms with Crippen molar-refractivity contribution in [1.82, 2.24) is 9.21 Å². The summed E-state index contributed by atoms with van der Waals surface area (Å²) < 4.78 is 27.3. The molecule has 0 aromatic heterocycles. The monoisotopic (exact) mass is 364 g/mol. The Hall–Kier alpha value is -1.40. The van der Waals surface area contributed by atoms with Crippen LogP contribution in [0.1, 0.15) is 38.2 Å². The van der Waals surface area contributed by atoms with E-state index in [9.17, 15) is 13.2 Å². The van der Waals surface area contributed by atoms with E-state index in [0.717, 1.165) is 37.9 Å². The highest BCUT2D eigenvalue weighted by atomic mass is 32.2. The Labute approximate surface area is 151 Å². The van der Waals surface area contributed by atoms with Gasteiger partial charge in [0.15, 0.2) is 0 Å². The summed E-state index contributed by atoms with van der Waals surface area (Å²) in [5, 5.41) is 0. The van der Waals surface area contributed by atoms with Crippen LogP contribution in [0.4, 0.5) is 0 Å². The smallest absolute Gasteiger partial charge is 0.243 e. The number of hydrogen-bond donors (Lipinski definition) is 0. The molecule has 0 saturated carbocycles. The topological polar surface area (TPSA) is 57.7 Å². The lowest BCUT2D eigenvalue weighted by Gasteiger charge is -2.37. The van der Waals surface area contributed by atoms with E-state index in [1.54, 1.807) is 12.1 Å². The van der Waals surface area contributed by atoms with Crippen molar-refractivity contribution in [3.8, 4) is 0 Å². The molecule has 2 aliphatic heterocycles. The van der Waals surface area contributed by atoms with Crippen molar-refractivity contribution >= 4 is 15.9 Å². The van der Waals surface area contributed by atoms with Crippen LogP contribution in [0, 0.1) is 18.8 Å².